The maximum atomic E-state index is 12.1. The Kier molecular flexibility index (Phi) is 8.14. The molecule has 1 aromatic carbocycles. The van der Waals surface area contributed by atoms with Gasteiger partial charge in [-0.25, -0.2) is 4.98 Å². The van der Waals surface area contributed by atoms with E-state index in [1.165, 1.54) is 25.1 Å². The third-order valence-electron chi connectivity index (χ3n) is 5.32. The maximum Gasteiger partial charge on any atom is 0.224 e. The van der Waals surface area contributed by atoms with Crippen molar-refractivity contribution in [1.82, 2.24) is 14.9 Å². The summed E-state index contributed by atoms with van der Waals surface area (Å²) in [5.74, 6) is 1.96. The van der Waals surface area contributed by atoms with Crippen LogP contribution in [0.25, 0.3) is 11.3 Å². The van der Waals surface area contributed by atoms with Crippen molar-refractivity contribution in [2.45, 2.75) is 45.1 Å². The van der Waals surface area contributed by atoms with Gasteiger partial charge in [-0.2, -0.15) is 0 Å². The molecule has 1 fully saturated rings. The number of nitrogens with zero attached hydrogens (tertiary/aromatic N) is 2. The highest BCUT2D eigenvalue weighted by Crippen LogP contribution is 2.24. The van der Waals surface area contributed by atoms with Crippen molar-refractivity contribution in [1.29, 1.82) is 0 Å². The molecule has 0 radical (unpaired) electrons. The molecule has 1 saturated heterocycles. The first-order valence-corrected chi connectivity index (χ1v) is 9.45. The number of aromatic nitrogens is 2. The number of aryl methyl sites for hydroxylation is 2. The van der Waals surface area contributed by atoms with Gasteiger partial charge in [-0.1, -0.05) is 12.1 Å². The number of carbonyl (C=O) groups is 1. The fourth-order valence-corrected chi connectivity index (χ4v) is 3.80. The lowest BCUT2D eigenvalue weighted by molar-refractivity contribution is -0.116. The van der Waals surface area contributed by atoms with Crippen LogP contribution in [0, 0.1) is 5.92 Å². The number of hydrogen-bond donors (Lipinski definition) is 2. The summed E-state index contributed by atoms with van der Waals surface area (Å²) in [5.41, 5.74) is 3.00. The Balaban J connectivity index is 0.00000131. The second kappa shape index (κ2) is 10.1. The van der Waals surface area contributed by atoms with Gasteiger partial charge in [0.1, 0.15) is 5.82 Å². The van der Waals surface area contributed by atoms with Crippen molar-refractivity contribution in [3.63, 3.8) is 0 Å². The number of nitrogens with one attached hydrogen (secondary N) is 2. The lowest BCUT2D eigenvalue weighted by Crippen LogP contribution is -2.14. The predicted octanol–water partition coefficient (Wildman–Crippen LogP) is 4.06. The molecule has 5 nitrogen and oxygen atoms in total. The van der Waals surface area contributed by atoms with Crippen LogP contribution in [0.2, 0.25) is 0 Å². The number of halogens is 2. The van der Waals surface area contributed by atoms with E-state index in [1.807, 2.05) is 24.3 Å². The van der Waals surface area contributed by atoms with Crippen LogP contribution < -0.4 is 10.6 Å². The van der Waals surface area contributed by atoms with Crippen LogP contribution in [0.5, 0.6) is 0 Å². The van der Waals surface area contributed by atoms with Crippen molar-refractivity contribution in [2.75, 3.05) is 18.4 Å². The van der Waals surface area contributed by atoms with Gasteiger partial charge in [0.05, 0.1) is 5.69 Å². The normalized spacial score (nSPS) is 18.1. The van der Waals surface area contributed by atoms with E-state index in [1.54, 1.807) is 0 Å². The molecule has 148 valence electrons. The van der Waals surface area contributed by atoms with Gasteiger partial charge in [0, 0.05) is 36.8 Å². The highest BCUT2D eigenvalue weighted by molar-refractivity contribution is 5.90. The largest absolute Gasteiger partial charge is 0.334 e. The third kappa shape index (κ3) is 5.47. The van der Waals surface area contributed by atoms with Crippen LogP contribution in [0.15, 0.2) is 30.5 Å². The molecule has 1 unspecified atom stereocenters. The Hall–Kier alpha value is -1.56. The number of benzene rings is 1. The molecular formula is C20H28Cl2N4O. The van der Waals surface area contributed by atoms with E-state index in [9.17, 15) is 4.79 Å². The van der Waals surface area contributed by atoms with Crippen LogP contribution in [-0.4, -0.2) is 28.5 Å². The van der Waals surface area contributed by atoms with Crippen molar-refractivity contribution in [3.05, 3.63) is 36.3 Å². The van der Waals surface area contributed by atoms with E-state index in [-0.39, 0.29) is 30.7 Å². The van der Waals surface area contributed by atoms with E-state index >= 15 is 0 Å². The zero-order valence-electron chi connectivity index (χ0n) is 15.4. The summed E-state index contributed by atoms with van der Waals surface area (Å²) >= 11 is 0. The summed E-state index contributed by atoms with van der Waals surface area (Å²) in [4.78, 5) is 16.9. The molecule has 0 bridgehead atoms. The minimum Gasteiger partial charge on any atom is -0.334 e. The van der Waals surface area contributed by atoms with Crippen LogP contribution in [0.1, 0.15) is 37.9 Å². The van der Waals surface area contributed by atoms with Crippen molar-refractivity contribution < 1.29 is 4.79 Å². The van der Waals surface area contributed by atoms with Crippen LogP contribution in [0.4, 0.5) is 5.69 Å². The smallest absolute Gasteiger partial charge is 0.224 e. The van der Waals surface area contributed by atoms with Crippen LogP contribution in [-0.2, 0) is 17.8 Å². The van der Waals surface area contributed by atoms with E-state index < -0.39 is 0 Å². The molecule has 0 spiro atoms. The molecule has 2 N–H and O–H groups in total. The fraction of sp³-hybridized carbons (Fsp3) is 0.500. The molecule has 2 aliphatic heterocycles. The number of carbonyl (C=O) groups excluding carboxylic acids is 1. The van der Waals surface area contributed by atoms with Gasteiger partial charge < -0.3 is 15.2 Å². The first kappa shape index (κ1) is 21.7. The Morgan fingerprint density at radius 2 is 2.04 bits per heavy atom. The molecular weight excluding hydrogens is 383 g/mol. The molecule has 1 atom stereocenters. The number of fused-ring (bicyclic) bond motifs is 1. The van der Waals surface area contributed by atoms with Gasteiger partial charge in [0.15, 0.2) is 0 Å². The van der Waals surface area contributed by atoms with Crippen molar-refractivity contribution >= 4 is 36.4 Å². The first-order valence-electron chi connectivity index (χ1n) is 9.45. The van der Waals surface area contributed by atoms with Gasteiger partial charge in [-0.3, -0.25) is 4.79 Å². The lowest BCUT2D eigenvalue weighted by Gasteiger charge is -2.11. The maximum absolute atomic E-state index is 12.1. The summed E-state index contributed by atoms with van der Waals surface area (Å²) in [6.45, 7) is 3.22. The third-order valence-corrected chi connectivity index (χ3v) is 5.32. The number of anilines is 1. The topological polar surface area (TPSA) is 59.0 Å². The SMILES string of the molecule is Cl.Cl.O=C(CCC1CCNC1)Nc1ccc(-c2cn3c(n2)CCCC3)cc1. The Labute approximate surface area is 173 Å². The molecule has 1 aromatic heterocycles. The standard InChI is InChI=1S/C20H26N4O.2ClH/c25-20(9-4-15-10-11-21-13-15)22-17-7-5-16(6-8-17)18-14-24-12-2-1-3-19(24)23-18;;/h5-8,14-15,21H,1-4,9-13H2,(H,22,25);2*1H. The zero-order chi connectivity index (χ0) is 17.1. The average Bonchev–Trinajstić information content (AvgIpc) is 3.30. The average molecular weight is 411 g/mol. The molecule has 4 rings (SSSR count). The van der Waals surface area contributed by atoms with Crippen molar-refractivity contribution in [2.24, 2.45) is 5.92 Å². The van der Waals surface area contributed by atoms with Crippen LogP contribution in [0.3, 0.4) is 0 Å². The fourth-order valence-electron chi connectivity index (χ4n) is 3.80. The van der Waals surface area contributed by atoms with E-state index in [4.69, 9.17) is 4.98 Å². The lowest BCUT2D eigenvalue weighted by atomic mass is 10.0. The quantitative estimate of drug-likeness (QED) is 0.780. The highest BCUT2D eigenvalue weighted by atomic mass is 35.5. The number of amides is 1. The first-order chi connectivity index (χ1) is 12.3. The molecule has 27 heavy (non-hydrogen) atoms. The molecule has 2 aliphatic rings. The minimum atomic E-state index is 0. The number of hydrogen-bond acceptors (Lipinski definition) is 3. The van der Waals surface area contributed by atoms with E-state index in [2.05, 4.69) is 21.4 Å². The number of imidazole rings is 1. The Morgan fingerprint density at radius 1 is 1.22 bits per heavy atom. The van der Waals surface area contributed by atoms with Gasteiger partial charge in [-0.05, 0) is 56.8 Å². The molecule has 2 aromatic rings. The zero-order valence-corrected chi connectivity index (χ0v) is 17.1. The molecule has 0 saturated carbocycles. The highest BCUT2D eigenvalue weighted by Gasteiger charge is 2.16. The van der Waals surface area contributed by atoms with Crippen LogP contribution >= 0.6 is 24.8 Å². The second-order valence-corrected chi connectivity index (χ2v) is 7.22. The van der Waals surface area contributed by atoms with Gasteiger partial charge in [0.25, 0.3) is 0 Å². The number of rotatable bonds is 5. The molecule has 3 heterocycles. The summed E-state index contributed by atoms with van der Waals surface area (Å²) < 4.78 is 2.27. The summed E-state index contributed by atoms with van der Waals surface area (Å²) in [6.07, 6.45) is 8.46. The molecule has 0 aliphatic carbocycles. The summed E-state index contributed by atoms with van der Waals surface area (Å²) in [5, 5.41) is 6.35. The van der Waals surface area contributed by atoms with Gasteiger partial charge >= 0.3 is 0 Å². The Bertz CT molecular complexity index is 715. The molecule has 7 heteroatoms. The molecule has 1 amide bonds. The minimum absolute atomic E-state index is 0. The second-order valence-electron chi connectivity index (χ2n) is 7.22. The van der Waals surface area contributed by atoms with E-state index in [0.29, 0.717) is 12.3 Å². The summed E-state index contributed by atoms with van der Waals surface area (Å²) in [7, 11) is 0. The van der Waals surface area contributed by atoms with Crippen molar-refractivity contribution in [3.8, 4) is 11.3 Å². The Morgan fingerprint density at radius 3 is 2.74 bits per heavy atom. The van der Waals surface area contributed by atoms with E-state index in [0.717, 1.165) is 49.4 Å². The van der Waals surface area contributed by atoms with Gasteiger partial charge in [-0.15, -0.1) is 24.8 Å². The summed E-state index contributed by atoms with van der Waals surface area (Å²) in [6, 6.07) is 8.04. The predicted molar refractivity (Wildman–Crippen MR) is 114 cm³/mol. The monoisotopic (exact) mass is 410 g/mol. The van der Waals surface area contributed by atoms with Gasteiger partial charge in [0.2, 0.25) is 5.91 Å².